The highest BCUT2D eigenvalue weighted by Crippen LogP contribution is 2.03. The van der Waals surface area contributed by atoms with Crippen molar-refractivity contribution in [2.24, 2.45) is 11.7 Å². The fourth-order valence-electron chi connectivity index (χ4n) is 1.91. The maximum Gasteiger partial charge on any atom is 0.0589 e. The molecule has 4 nitrogen and oxygen atoms in total. The molecule has 0 aliphatic heterocycles. The zero-order chi connectivity index (χ0) is 13.1. The van der Waals surface area contributed by atoms with E-state index >= 15 is 0 Å². The van der Waals surface area contributed by atoms with Gasteiger partial charge in [-0.15, -0.1) is 0 Å². The first kappa shape index (κ1) is 16.8. The summed E-state index contributed by atoms with van der Waals surface area (Å²) < 4.78 is 10.2. The Morgan fingerprint density at radius 2 is 1.71 bits per heavy atom. The first-order valence-electron chi connectivity index (χ1n) is 6.56. The fourth-order valence-corrected chi connectivity index (χ4v) is 1.91. The third-order valence-electron chi connectivity index (χ3n) is 2.65. The summed E-state index contributed by atoms with van der Waals surface area (Å²) in [6.45, 7) is 9.04. The smallest absolute Gasteiger partial charge is 0.0589 e. The lowest BCUT2D eigenvalue weighted by Gasteiger charge is -2.27. The van der Waals surface area contributed by atoms with Crippen LogP contribution < -0.4 is 5.73 Å². The van der Waals surface area contributed by atoms with Gasteiger partial charge in [0, 0.05) is 46.5 Å². The van der Waals surface area contributed by atoms with Crippen molar-refractivity contribution >= 4 is 0 Å². The van der Waals surface area contributed by atoms with Crippen LogP contribution in [0.5, 0.6) is 0 Å². The summed E-state index contributed by atoms with van der Waals surface area (Å²) in [5.41, 5.74) is 6.12. The number of nitrogens with zero attached hydrogens (tertiary/aromatic N) is 1. The van der Waals surface area contributed by atoms with Gasteiger partial charge in [0.2, 0.25) is 0 Å². The lowest BCUT2D eigenvalue weighted by molar-refractivity contribution is 0.132. The molecule has 1 atom stereocenters. The molecule has 0 saturated carbocycles. The van der Waals surface area contributed by atoms with E-state index in [0.29, 0.717) is 5.92 Å². The van der Waals surface area contributed by atoms with Crippen LogP contribution in [-0.2, 0) is 9.47 Å². The summed E-state index contributed by atoms with van der Waals surface area (Å²) in [6, 6.07) is 0.237. The van der Waals surface area contributed by atoms with Crippen LogP contribution in [0, 0.1) is 5.92 Å². The Morgan fingerprint density at radius 1 is 1.06 bits per heavy atom. The predicted octanol–water partition coefficient (Wildman–Crippen LogP) is 1.34. The highest BCUT2D eigenvalue weighted by atomic mass is 16.5. The third kappa shape index (κ3) is 10.7. The summed E-state index contributed by atoms with van der Waals surface area (Å²) >= 11 is 0. The van der Waals surface area contributed by atoms with Gasteiger partial charge in [-0.1, -0.05) is 13.8 Å². The Labute approximate surface area is 106 Å². The Kier molecular flexibility index (Phi) is 10.9. The number of nitrogens with two attached hydrogens (primary N) is 1. The van der Waals surface area contributed by atoms with E-state index in [1.165, 1.54) is 0 Å². The first-order valence-corrected chi connectivity index (χ1v) is 6.56. The van der Waals surface area contributed by atoms with Crippen molar-refractivity contribution < 1.29 is 9.47 Å². The second-order valence-electron chi connectivity index (χ2n) is 5.04. The summed E-state index contributed by atoms with van der Waals surface area (Å²) in [6.07, 6.45) is 2.06. The predicted molar refractivity (Wildman–Crippen MR) is 72.2 cm³/mol. The molecule has 0 radical (unpaired) electrons. The minimum absolute atomic E-state index is 0.237. The van der Waals surface area contributed by atoms with Crippen LogP contribution >= 0.6 is 0 Å². The average Bonchev–Trinajstić information content (AvgIpc) is 2.25. The van der Waals surface area contributed by atoms with E-state index in [4.69, 9.17) is 15.2 Å². The van der Waals surface area contributed by atoms with Crippen LogP contribution in [0.1, 0.15) is 26.7 Å². The molecule has 4 heteroatoms. The maximum absolute atomic E-state index is 6.12. The Bertz CT molecular complexity index is 165. The van der Waals surface area contributed by atoms with Crippen LogP contribution in [0.3, 0.4) is 0 Å². The average molecular weight is 246 g/mol. The van der Waals surface area contributed by atoms with Gasteiger partial charge in [-0.25, -0.2) is 0 Å². The summed E-state index contributed by atoms with van der Waals surface area (Å²) in [5, 5.41) is 0. The van der Waals surface area contributed by atoms with Gasteiger partial charge in [-0.05, 0) is 18.8 Å². The second-order valence-corrected chi connectivity index (χ2v) is 5.04. The van der Waals surface area contributed by atoms with Crippen molar-refractivity contribution in [2.45, 2.75) is 32.7 Å². The molecule has 0 heterocycles. The zero-order valence-corrected chi connectivity index (χ0v) is 11.9. The molecule has 0 amide bonds. The molecule has 0 aromatic rings. The SMILES string of the molecule is COCCCC(N)CN(CCOC)CC(C)C. The van der Waals surface area contributed by atoms with Gasteiger partial charge >= 0.3 is 0 Å². The van der Waals surface area contributed by atoms with Gasteiger partial charge in [0.05, 0.1) is 6.61 Å². The van der Waals surface area contributed by atoms with E-state index in [0.717, 1.165) is 45.7 Å². The molecule has 0 aromatic carbocycles. The number of hydrogen-bond acceptors (Lipinski definition) is 4. The van der Waals surface area contributed by atoms with E-state index < -0.39 is 0 Å². The Hall–Kier alpha value is -0.160. The maximum atomic E-state index is 6.12. The molecule has 0 aliphatic carbocycles. The molecule has 104 valence electrons. The summed E-state index contributed by atoms with van der Waals surface area (Å²) in [5.74, 6) is 0.665. The molecule has 0 fully saturated rings. The minimum atomic E-state index is 0.237. The van der Waals surface area contributed by atoms with Gasteiger partial charge in [0.25, 0.3) is 0 Å². The molecular weight excluding hydrogens is 216 g/mol. The standard InChI is InChI=1S/C13H30N2O2/c1-12(2)10-15(7-9-17-4)11-13(14)6-5-8-16-3/h12-13H,5-11,14H2,1-4H3. The third-order valence-corrected chi connectivity index (χ3v) is 2.65. The van der Waals surface area contributed by atoms with Gasteiger partial charge < -0.3 is 15.2 Å². The molecule has 0 aliphatic rings. The minimum Gasteiger partial charge on any atom is -0.385 e. The normalized spacial score (nSPS) is 13.6. The molecular formula is C13H30N2O2. The summed E-state index contributed by atoms with van der Waals surface area (Å²) in [7, 11) is 3.47. The van der Waals surface area contributed by atoms with Crippen LogP contribution in [0.4, 0.5) is 0 Å². The van der Waals surface area contributed by atoms with Crippen molar-refractivity contribution in [1.29, 1.82) is 0 Å². The van der Waals surface area contributed by atoms with Crippen LogP contribution in [-0.4, -0.2) is 58.0 Å². The molecule has 0 saturated heterocycles. The largest absolute Gasteiger partial charge is 0.385 e. The number of hydrogen-bond donors (Lipinski definition) is 1. The second kappa shape index (κ2) is 11.0. The van der Waals surface area contributed by atoms with Gasteiger partial charge in [-0.3, -0.25) is 4.90 Å². The zero-order valence-electron chi connectivity index (χ0n) is 11.9. The molecule has 0 bridgehead atoms. The molecule has 17 heavy (non-hydrogen) atoms. The Balaban J connectivity index is 3.85. The van der Waals surface area contributed by atoms with Gasteiger partial charge in [0.15, 0.2) is 0 Å². The van der Waals surface area contributed by atoms with Crippen LogP contribution in [0.25, 0.3) is 0 Å². The molecule has 0 rings (SSSR count). The van der Waals surface area contributed by atoms with Gasteiger partial charge in [-0.2, -0.15) is 0 Å². The fraction of sp³-hybridized carbons (Fsp3) is 1.00. The molecule has 1 unspecified atom stereocenters. The number of rotatable bonds is 11. The van der Waals surface area contributed by atoms with Crippen molar-refractivity contribution in [3.63, 3.8) is 0 Å². The molecule has 0 aromatic heterocycles. The van der Waals surface area contributed by atoms with Crippen molar-refractivity contribution in [3.05, 3.63) is 0 Å². The first-order chi connectivity index (χ1) is 8.10. The van der Waals surface area contributed by atoms with E-state index in [2.05, 4.69) is 18.7 Å². The quantitative estimate of drug-likeness (QED) is 0.559. The van der Waals surface area contributed by atoms with Crippen LogP contribution in [0.15, 0.2) is 0 Å². The summed E-state index contributed by atoms with van der Waals surface area (Å²) in [4.78, 5) is 2.39. The van der Waals surface area contributed by atoms with Crippen molar-refractivity contribution in [3.8, 4) is 0 Å². The topological polar surface area (TPSA) is 47.7 Å². The molecule has 2 N–H and O–H groups in total. The van der Waals surface area contributed by atoms with Gasteiger partial charge in [0.1, 0.15) is 0 Å². The van der Waals surface area contributed by atoms with E-state index in [9.17, 15) is 0 Å². The van der Waals surface area contributed by atoms with Crippen molar-refractivity contribution in [1.82, 2.24) is 4.90 Å². The monoisotopic (exact) mass is 246 g/mol. The lowest BCUT2D eigenvalue weighted by atomic mass is 10.1. The van der Waals surface area contributed by atoms with E-state index in [-0.39, 0.29) is 6.04 Å². The molecule has 0 spiro atoms. The van der Waals surface area contributed by atoms with Crippen molar-refractivity contribution in [2.75, 3.05) is 47.1 Å². The highest BCUT2D eigenvalue weighted by Gasteiger charge is 2.11. The Morgan fingerprint density at radius 3 is 2.24 bits per heavy atom. The van der Waals surface area contributed by atoms with E-state index in [1.54, 1.807) is 14.2 Å². The van der Waals surface area contributed by atoms with E-state index in [1.807, 2.05) is 0 Å². The number of methoxy groups -OCH3 is 2. The lowest BCUT2D eigenvalue weighted by Crippen LogP contribution is -2.41. The van der Waals surface area contributed by atoms with Crippen LogP contribution in [0.2, 0.25) is 0 Å². The highest BCUT2D eigenvalue weighted by molar-refractivity contribution is 4.69. The number of ether oxygens (including phenoxy) is 2.